The second kappa shape index (κ2) is 10.5. The lowest BCUT2D eigenvalue weighted by molar-refractivity contribution is -0.122. The van der Waals surface area contributed by atoms with E-state index < -0.39 is 0 Å². The molecule has 0 radical (unpaired) electrons. The van der Waals surface area contributed by atoms with Gasteiger partial charge in [-0.3, -0.25) is 18.9 Å². The molecule has 1 aliphatic heterocycles. The van der Waals surface area contributed by atoms with Gasteiger partial charge in [-0.15, -0.1) is 0 Å². The number of carbonyl (C=O) groups is 1. The summed E-state index contributed by atoms with van der Waals surface area (Å²) in [5.74, 6) is -0.0429. The maximum Gasteiger partial charge on any atom is 0.267 e. The van der Waals surface area contributed by atoms with Crippen molar-refractivity contribution in [2.24, 2.45) is 0 Å². The Balaban J connectivity index is 1.77. The zero-order chi connectivity index (χ0) is 24.2. The lowest BCUT2D eigenvalue weighted by Crippen LogP contribution is -2.31. The van der Waals surface area contributed by atoms with Gasteiger partial charge < -0.3 is 4.90 Å². The van der Waals surface area contributed by atoms with Crippen molar-refractivity contribution in [3.8, 4) is 0 Å². The molecule has 1 aromatic carbocycles. The molecular formula is C25H25FN4O2S2. The van der Waals surface area contributed by atoms with E-state index in [1.54, 1.807) is 36.5 Å². The second-order valence-electron chi connectivity index (χ2n) is 7.96. The standard InChI is InChI=1S/C25H25FN4O2S2/c1-3-12-28(13-4-2)22-19(23(31)29-14-6-5-7-21(29)27-22)15-20-24(32)30(25(33)34-20)16-17-8-10-18(26)11-9-17/h5-11,14-15H,3-4,12-13,16H2,1-2H3. The number of rotatable bonds is 8. The molecule has 34 heavy (non-hydrogen) atoms. The van der Waals surface area contributed by atoms with Gasteiger partial charge in [-0.05, 0) is 48.7 Å². The summed E-state index contributed by atoms with van der Waals surface area (Å²) < 4.78 is 15.1. The summed E-state index contributed by atoms with van der Waals surface area (Å²) >= 11 is 6.62. The Morgan fingerprint density at radius 1 is 1.09 bits per heavy atom. The summed E-state index contributed by atoms with van der Waals surface area (Å²) in [5, 5.41) is 0. The van der Waals surface area contributed by atoms with Gasteiger partial charge in [0.2, 0.25) is 0 Å². The van der Waals surface area contributed by atoms with Gasteiger partial charge in [0.25, 0.3) is 11.5 Å². The first-order chi connectivity index (χ1) is 16.4. The lowest BCUT2D eigenvalue weighted by atomic mass is 10.2. The molecule has 0 unspecified atom stereocenters. The van der Waals surface area contributed by atoms with Crippen molar-refractivity contribution in [3.63, 3.8) is 0 Å². The van der Waals surface area contributed by atoms with Crippen molar-refractivity contribution < 1.29 is 9.18 Å². The molecule has 0 aliphatic carbocycles. The molecule has 0 N–H and O–H groups in total. The molecule has 9 heteroatoms. The van der Waals surface area contributed by atoms with E-state index in [1.807, 2.05) is 6.07 Å². The molecule has 1 aliphatic rings. The molecular weight excluding hydrogens is 471 g/mol. The number of carbonyl (C=O) groups excluding carboxylic acids is 1. The average Bonchev–Trinajstić information content (AvgIpc) is 3.09. The van der Waals surface area contributed by atoms with Crippen molar-refractivity contribution in [1.29, 1.82) is 0 Å². The summed E-state index contributed by atoms with van der Waals surface area (Å²) in [6, 6.07) is 11.4. The highest BCUT2D eigenvalue weighted by molar-refractivity contribution is 8.26. The maximum absolute atomic E-state index is 13.5. The lowest BCUT2D eigenvalue weighted by Gasteiger charge is -2.24. The molecule has 0 saturated carbocycles. The second-order valence-corrected chi connectivity index (χ2v) is 9.64. The summed E-state index contributed by atoms with van der Waals surface area (Å²) in [7, 11) is 0. The first-order valence-corrected chi connectivity index (χ1v) is 12.4. The predicted octanol–water partition coefficient (Wildman–Crippen LogP) is 4.86. The Kier molecular flexibility index (Phi) is 7.43. The van der Waals surface area contributed by atoms with Crippen LogP contribution in [-0.4, -0.2) is 37.6 Å². The highest BCUT2D eigenvalue weighted by Gasteiger charge is 2.33. The summed E-state index contributed by atoms with van der Waals surface area (Å²) in [4.78, 5) is 35.5. The van der Waals surface area contributed by atoms with Crippen LogP contribution in [0.25, 0.3) is 11.7 Å². The zero-order valence-corrected chi connectivity index (χ0v) is 20.7. The number of anilines is 1. The molecule has 0 spiro atoms. The average molecular weight is 497 g/mol. The molecule has 6 nitrogen and oxygen atoms in total. The Morgan fingerprint density at radius 3 is 2.47 bits per heavy atom. The number of hydrogen-bond acceptors (Lipinski definition) is 6. The summed E-state index contributed by atoms with van der Waals surface area (Å²) in [6.45, 7) is 5.89. The number of thioether (sulfide) groups is 1. The van der Waals surface area contributed by atoms with Crippen LogP contribution < -0.4 is 10.5 Å². The fourth-order valence-corrected chi connectivity index (χ4v) is 5.10. The van der Waals surface area contributed by atoms with Crippen LogP contribution in [0.2, 0.25) is 0 Å². The van der Waals surface area contributed by atoms with Gasteiger partial charge >= 0.3 is 0 Å². The smallest absolute Gasteiger partial charge is 0.267 e. The van der Waals surface area contributed by atoms with E-state index in [0.29, 0.717) is 26.3 Å². The molecule has 4 rings (SSSR count). The highest BCUT2D eigenvalue weighted by Crippen LogP contribution is 2.34. The van der Waals surface area contributed by atoms with Crippen LogP contribution in [0.3, 0.4) is 0 Å². The first kappa shape index (κ1) is 24.1. The van der Waals surface area contributed by atoms with Gasteiger partial charge in [0, 0.05) is 19.3 Å². The number of pyridine rings is 1. The van der Waals surface area contributed by atoms with Crippen molar-refractivity contribution in [3.05, 3.63) is 80.9 Å². The predicted molar refractivity (Wildman–Crippen MR) is 139 cm³/mol. The number of nitrogens with zero attached hydrogens (tertiary/aromatic N) is 4. The molecule has 3 heterocycles. The van der Waals surface area contributed by atoms with E-state index in [0.717, 1.165) is 43.3 Å². The van der Waals surface area contributed by atoms with Crippen molar-refractivity contribution in [1.82, 2.24) is 14.3 Å². The Labute approximate surface area is 207 Å². The van der Waals surface area contributed by atoms with Gasteiger partial charge in [-0.1, -0.05) is 56.0 Å². The largest absolute Gasteiger partial charge is 0.356 e. The number of fused-ring (bicyclic) bond motifs is 1. The zero-order valence-electron chi connectivity index (χ0n) is 19.0. The Hall–Kier alpha value is -3.04. The molecule has 1 fully saturated rings. The summed E-state index contributed by atoms with van der Waals surface area (Å²) in [6.07, 6.45) is 5.09. The number of benzene rings is 1. The van der Waals surface area contributed by atoms with Crippen LogP contribution in [0.15, 0.2) is 58.4 Å². The van der Waals surface area contributed by atoms with Crippen LogP contribution in [0, 0.1) is 5.82 Å². The van der Waals surface area contributed by atoms with Crippen LogP contribution in [0.1, 0.15) is 37.8 Å². The molecule has 1 saturated heterocycles. The Bertz CT molecular complexity index is 1310. The number of halogens is 1. The molecule has 176 valence electrons. The molecule has 0 atom stereocenters. The van der Waals surface area contributed by atoms with Crippen molar-refractivity contribution >= 4 is 51.7 Å². The van der Waals surface area contributed by atoms with E-state index in [4.69, 9.17) is 17.2 Å². The minimum atomic E-state index is -0.338. The topological polar surface area (TPSA) is 57.9 Å². The van der Waals surface area contributed by atoms with Gasteiger partial charge in [0.15, 0.2) is 0 Å². The van der Waals surface area contributed by atoms with Crippen molar-refractivity contribution in [2.75, 3.05) is 18.0 Å². The minimum absolute atomic E-state index is 0.235. The SMILES string of the molecule is CCCN(CCC)c1nc2ccccn2c(=O)c1C=C1SC(=S)N(Cc2ccc(F)cc2)C1=O. The van der Waals surface area contributed by atoms with E-state index in [-0.39, 0.29) is 23.8 Å². The number of amides is 1. The van der Waals surface area contributed by atoms with Crippen LogP contribution in [0.4, 0.5) is 10.2 Å². The normalized spacial score (nSPS) is 15.0. The van der Waals surface area contributed by atoms with Crippen LogP contribution in [0.5, 0.6) is 0 Å². The third-order valence-electron chi connectivity index (χ3n) is 5.44. The van der Waals surface area contributed by atoms with Crippen LogP contribution >= 0.6 is 24.0 Å². The van der Waals surface area contributed by atoms with Gasteiger partial charge in [-0.25, -0.2) is 9.37 Å². The third-order valence-corrected chi connectivity index (χ3v) is 6.82. The number of aromatic nitrogens is 2. The van der Waals surface area contributed by atoms with Gasteiger partial charge in [0.05, 0.1) is 17.0 Å². The van der Waals surface area contributed by atoms with Crippen LogP contribution in [-0.2, 0) is 11.3 Å². The molecule has 0 bridgehead atoms. The number of hydrogen-bond donors (Lipinski definition) is 0. The number of thiocarbonyl (C=S) groups is 1. The molecule has 2 aromatic heterocycles. The van der Waals surface area contributed by atoms with Gasteiger partial charge in [0.1, 0.15) is 21.6 Å². The van der Waals surface area contributed by atoms with E-state index >= 15 is 0 Å². The maximum atomic E-state index is 13.5. The molecule has 1 amide bonds. The van der Waals surface area contributed by atoms with E-state index in [1.165, 1.54) is 21.4 Å². The van der Waals surface area contributed by atoms with E-state index in [9.17, 15) is 14.0 Å². The quantitative estimate of drug-likeness (QED) is 0.328. The first-order valence-electron chi connectivity index (χ1n) is 11.2. The fraction of sp³-hybridized carbons (Fsp3) is 0.280. The summed E-state index contributed by atoms with van der Waals surface area (Å²) in [5.41, 5.74) is 1.46. The minimum Gasteiger partial charge on any atom is -0.356 e. The Morgan fingerprint density at radius 2 is 1.79 bits per heavy atom. The van der Waals surface area contributed by atoms with Gasteiger partial charge in [-0.2, -0.15) is 0 Å². The third kappa shape index (κ3) is 4.90. The fourth-order valence-electron chi connectivity index (χ4n) is 3.86. The van der Waals surface area contributed by atoms with E-state index in [2.05, 4.69) is 18.7 Å². The molecule has 3 aromatic rings. The van der Waals surface area contributed by atoms with Crippen molar-refractivity contribution in [2.45, 2.75) is 33.2 Å². The highest BCUT2D eigenvalue weighted by atomic mass is 32.2. The monoisotopic (exact) mass is 496 g/mol.